The molecule has 1 fully saturated rings. The Hall–Kier alpha value is -2.66. The Kier molecular flexibility index (Phi) is 6.24. The quantitative estimate of drug-likeness (QED) is 0.582. The number of esters is 1. The van der Waals surface area contributed by atoms with Gasteiger partial charge in [-0.2, -0.15) is 0 Å². The van der Waals surface area contributed by atoms with Crippen molar-refractivity contribution in [1.82, 2.24) is 4.90 Å². The molecule has 0 unspecified atom stereocenters. The lowest BCUT2D eigenvalue weighted by Gasteiger charge is -2.31. The van der Waals surface area contributed by atoms with E-state index >= 15 is 0 Å². The largest absolute Gasteiger partial charge is 0.457 e. The molecule has 0 saturated carbocycles. The van der Waals surface area contributed by atoms with Crippen LogP contribution < -0.4 is 0 Å². The molecule has 0 radical (unpaired) electrons. The summed E-state index contributed by atoms with van der Waals surface area (Å²) >= 11 is 5.85. The van der Waals surface area contributed by atoms with E-state index in [2.05, 4.69) is 0 Å². The smallest absolute Gasteiger partial charge is 0.309 e. The molecule has 2 aromatic rings. The van der Waals surface area contributed by atoms with Gasteiger partial charge in [0.15, 0.2) is 12.4 Å². The lowest BCUT2D eigenvalue weighted by atomic mass is 9.96. The van der Waals surface area contributed by atoms with E-state index in [-0.39, 0.29) is 30.2 Å². The van der Waals surface area contributed by atoms with Gasteiger partial charge in [-0.3, -0.25) is 14.4 Å². The maximum Gasteiger partial charge on any atom is 0.309 e. The number of rotatable bonds is 5. The minimum absolute atomic E-state index is 0.0715. The molecular formula is C21H20ClNO4. The van der Waals surface area contributed by atoms with Crippen LogP contribution in [0, 0.1) is 5.92 Å². The molecule has 0 spiro atoms. The Labute approximate surface area is 162 Å². The zero-order valence-corrected chi connectivity index (χ0v) is 15.5. The van der Waals surface area contributed by atoms with Gasteiger partial charge in [-0.05, 0) is 37.1 Å². The van der Waals surface area contributed by atoms with Gasteiger partial charge in [0.25, 0.3) is 5.91 Å². The van der Waals surface area contributed by atoms with Crippen molar-refractivity contribution in [1.29, 1.82) is 0 Å². The van der Waals surface area contributed by atoms with Crippen LogP contribution in [0.2, 0.25) is 5.02 Å². The summed E-state index contributed by atoms with van der Waals surface area (Å²) in [5.41, 5.74) is 1.10. The highest BCUT2D eigenvalue weighted by Gasteiger charge is 2.29. The number of carbonyl (C=O) groups is 3. The summed E-state index contributed by atoms with van der Waals surface area (Å²) in [6.45, 7) is 0.703. The molecule has 3 rings (SSSR count). The van der Waals surface area contributed by atoms with Crippen molar-refractivity contribution >= 4 is 29.3 Å². The summed E-state index contributed by atoms with van der Waals surface area (Å²) in [5.74, 6) is -0.960. The highest BCUT2D eigenvalue weighted by Crippen LogP contribution is 2.21. The molecule has 1 heterocycles. The molecule has 0 aromatic heterocycles. The number of halogens is 1. The SMILES string of the molecule is O=C(COC(=O)C1CCN(C(=O)c2ccc(Cl)cc2)CC1)c1ccccc1. The van der Waals surface area contributed by atoms with Crippen LogP contribution in [0.1, 0.15) is 33.6 Å². The normalized spacial score (nSPS) is 14.6. The fourth-order valence-electron chi connectivity index (χ4n) is 3.06. The lowest BCUT2D eigenvalue weighted by Crippen LogP contribution is -2.40. The van der Waals surface area contributed by atoms with Gasteiger partial charge in [0.2, 0.25) is 0 Å². The number of Topliss-reactive ketones (excluding diaryl/α,β-unsaturated/α-hetero) is 1. The Morgan fingerprint density at radius 2 is 1.56 bits per heavy atom. The van der Waals surface area contributed by atoms with Crippen molar-refractivity contribution in [3.8, 4) is 0 Å². The van der Waals surface area contributed by atoms with Crippen LogP contribution in [0.25, 0.3) is 0 Å². The summed E-state index contributed by atoms with van der Waals surface area (Å²) in [4.78, 5) is 38.4. The maximum absolute atomic E-state index is 12.5. The summed E-state index contributed by atoms with van der Waals surface area (Å²) < 4.78 is 5.18. The van der Waals surface area contributed by atoms with Crippen molar-refractivity contribution in [2.24, 2.45) is 5.92 Å². The summed E-state index contributed by atoms with van der Waals surface area (Å²) in [6, 6.07) is 15.5. The van der Waals surface area contributed by atoms with Gasteiger partial charge in [-0.15, -0.1) is 0 Å². The summed E-state index contributed by atoms with van der Waals surface area (Å²) in [7, 11) is 0. The molecule has 1 saturated heterocycles. The van der Waals surface area contributed by atoms with Gasteiger partial charge >= 0.3 is 5.97 Å². The standard InChI is InChI=1S/C21H20ClNO4/c22-18-8-6-16(7-9-18)20(25)23-12-10-17(11-13-23)21(26)27-14-19(24)15-4-2-1-3-5-15/h1-9,17H,10-14H2. The van der Waals surface area contributed by atoms with Crippen LogP contribution in [0.5, 0.6) is 0 Å². The van der Waals surface area contributed by atoms with Crippen LogP contribution in [0.3, 0.4) is 0 Å². The predicted molar refractivity (Wildman–Crippen MR) is 102 cm³/mol. The van der Waals surface area contributed by atoms with Gasteiger partial charge in [0, 0.05) is 29.2 Å². The van der Waals surface area contributed by atoms with Crippen molar-refractivity contribution < 1.29 is 19.1 Å². The Morgan fingerprint density at radius 1 is 0.926 bits per heavy atom. The van der Waals surface area contributed by atoms with E-state index in [1.54, 1.807) is 53.4 Å². The third-order valence-electron chi connectivity index (χ3n) is 4.65. The van der Waals surface area contributed by atoms with Gasteiger partial charge in [-0.1, -0.05) is 41.9 Å². The molecule has 27 heavy (non-hydrogen) atoms. The highest BCUT2D eigenvalue weighted by molar-refractivity contribution is 6.30. The minimum atomic E-state index is -0.377. The monoisotopic (exact) mass is 385 g/mol. The molecule has 2 aromatic carbocycles. The number of carbonyl (C=O) groups excluding carboxylic acids is 3. The Bertz CT molecular complexity index is 812. The molecular weight excluding hydrogens is 366 g/mol. The molecule has 6 heteroatoms. The zero-order valence-electron chi connectivity index (χ0n) is 14.8. The second-order valence-corrected chi connectivity index (χ2v) is 6.91. The maximum atomic E-state index is 12.5. The number of likely N-dealkylation sites (tertiary alicyclic amines) is 1. The summed E-state index contributed by atoms with van der Waals surface area (Å²) in [5, 5.41) is 0.582. The molecule has 1 amide bonds. The third-order valence-corrected chi connectivity index (χ3v) is 4.90. The molecule has 0 atom stereocenters. The fraction of sp³-hybridized carbons (Fsp3) is 0.286. The second-order valence-electron chi connectivity index (χ2n) is 6.47. The first kappa shape index (κ1) is 19.1. The number of ether oxygens (including phenoxy) is 1. The molecule has 0 bridgehead atoms. The van der Waals surface area contributed by atoms with E-state index in [0.717, 1.165) is 0 Å². The number of hydrogen-bond acceptors (Lipinski definition) is 4. The van der Waals surface area contributed by atoms with Gasteiger partial charge in [0.05, 0.1) is 5.92 Å². The van der Waals surface area contributed by atoms with E-state index < -0.39 is 0 Å². The average Bonchev–Trinajstić information content (AvgIpc) is 2.72. The number of ketones is 1. The first-order valence-corrected chi connectivity index (χ1v) is 9.22. The number of nitrogens with zero attached hydrogens (tertiary/aromatic N) is 1. The van der Waals surface area contributed by atoms with Crippen molar-refractivity contribution in [2.75, 3.05) is 19.7 Å². The van der Waals surface area contributed by atoms with Crippen LogP contribution in [-0.2, 0) is 9.53 Å². The van der Waals surface area contributed by atoms with Crippen LogP contribution in [0.4, 0.5) is 0 Å². The first-order chi connectivity index (χ1) is 13.0. The van der Waals surface area contributed by atoms with Crippen LogP contribution in [0.15, 0.2) is 54.6 Å². The Balaban J connectivity index is 1.47. The van der Waals surface area contributed by atoms with E-state index in [4.69, 9.17) is 16.3 Å². The van der Waals surface area contributed by atoms with Gasteiger partial charge in [0.1, 0.15) is 0 Å². The fourth-order valence-corrected chi connectivity index (χ4v) is 3.18. The summed E-state index contributed by atoms with van der Waals surface area (Å²) in [6.07, 6.45) is 1.05. The van der Waals surface area contributed by atoms with Crippen LogP contribution >= 0.6 is 11.6 Å². The van der Waals surface area contributed by atoms with E-state index in [0.29, 0.717) is 42.1 Å². The predicted octanol–water partition coefficient (Wildman–Crippen LogP) is 3.62. The van der Waals surface area contributed by atoms with Crippen molar-refractivity contribution in [2.45, 2.75) is 12.8 Å². The number of hydrogen-bond donors (Lipinski definition) is 0. The number of benzene rings is 2. The number of amides is 1. The zero-order chi connectivity index (χ0) is 19.2. The van der Waals surface area contributed by atoms with Crippen molar-refractivity contribution in [3.63, 3.8) is 0 Å². The lowest BCUT2D eigenvalue weighted by molar-refractivity contribution is -0.148. The van der Waals surface area contributed by atoms with Gasteiger partial charge in [-0.25, -0.2) is 0 Å². The first-order valence-electron chi connectivity index (χ1n) is 8.84. The minimum Gasteiger partial charge on any atom is -0.457 e. The second kappa shape index (κ2) is 8.82. The molecule has 1 aliphatic heterocycles. The molecule has 0 N–H and O–H groups in total. The molecule has 0 aliphatic carbocycles. The topological polar surface area (TPSA) is 63.7 Å². The van der Waals surface area contributed by atoms with E-state index in [1.807, 2.05) is 6.07 Å². The van der Waals surface area contributed by atoms with Gasteiger partial charge < -0.3 is 9.64 Å². The van der Waals surface area contributed by atoms with Crippen molar-refractivity contribution in [3.05, 3.63) is 70.7 Å². The molecule has 1 aliphatic rings. The Morgan fingerprint density at radius 3 is 2.19 bits per heavy atom. The molecule has 140 valence electrons. The van der Waals surface area contributed by atoms with E-state index in [1.165, 1.54) is 0 Å². The third kappa shape index (κ3) is 4.95. The average molecular weight is 386 g/mol. The highest BCUT2D eigenvalue weighted by atomic mass is 35.5. The van der Waals surface area contributed by atoms with E-state index in [9.17, 15) is 14.4 Å². The number of piperidine rings is 1. The van der Waals surface area contributed by atoms with Crippen LogP contribution in [-0.4, -0.2) is 42.3 Å². The molecule has 5 nitrogen and oxygen atoms in total.